The highest BCUT2D eigenvalue weighted by molar-refractivity contribution is 6.58. The predicted molar refractivity (Wildman–Crippen MR) is 107 cm³/mol. The average molecular weight is 373 g/mol. The number of hydrogen-bond donors (Lipinski definition) is 4. The molecule has 4 N–H and O–H groups in total. The lowest BCUT2D eigenvalue weighted by Crippen LogP contribution is -2.30. The topological polar surface area (TPSA) is 134 Å². The van der Waals surface area contributed by atoms with Gasteiger partial charge in [0.25, 0.3) is 5.56 Å². The summed E-state index contributed by atoms with van der Waals surface area (Å²) in [7, 11) is -1.54. The van der Waals surface area contributed by atoms with Crippen LogP contribution in [-0.2, 0) is 0 Å². The van der Waals surface area contributed by atoms with Gasteiger partial charge in [-0.1, -0.05) is 48.5 Å². The highest BCUT2D eigenvalue weighted by Crippen LogP contribution is 2.19. The summed E-state index contributed by atoms with van der Waals surface area (Å²) in [6, 6.07) is 15.7. The maximum atomic E-state index is 12.2. The molecule has 0 radical (unpaired) electrons. The molecule has 0 saturated carbocycles. The summed E-state index contributed by atoms with van der Waals surface area (Å²) in [4.78, 5) is 19.0. The Morgan fingerprint density at radius 1 is 1.25 bits per heavy atom. The Morgan fingerprint density at radius 3 is 2.64 bits per heavy atom. The van der Waals surface area contributed by atoms with E-state index in [1.807, 2.05) is 19.1 Å². The molecule has 2 aromatic carbocycles. The molecule has 28 heavy (non-hydrogen) atoms. The van der Waals surface area contributed by atoms with E-state index in [9.17, 15) is 20.1 Å². The van der Waals surface area contributed by atoms with Crippen LogP contribution in [0.4, 0.5) is 5.95 Å². The van der Waals surface area contributed by atoms with Gasteiger partial charge < -0.3 is 10.0 Å². The largest absolute Gasteiger partial charge is 0.488 e. The molecule has 3 aromatic rings. The second-order valence-corrected chi connectivity index (χ2v) is 5.98. The zero-order valence-electron chi connectivity index (χ0n) is 14.9. The zero-order chi connectivity index (χ0) is 20.1. The van der Waals surface area contributed by atoms with Crippen molar-refractivity contribution in [3.05, 3.63) is 75.6 Å². The number of H-pyrrole nitrogens is 1. The van der Waals surface area contributed by atoms with Gasteiger partial charge in [0.1, 0.15) is 11.6 Å². The number of rotatable bonds is 5. The van der Waals surface area contributed by atoms with Crippen LogP contribution in [-0.4, -0.2) is 33.3 Å². The molecule has 8 nitrogen and oxygen atoms in total. The summed E-state index contributed by atoms with van der Waals surface area (Å²) in [5.41, 5.74) is 4.85. The first-order valence-corrected chi connectivity index (χ1v) is 8.35. The fourth-order valence-electron chi connectivity index (χ4n) is 2.60. The molecule has 0 fully saturated rings. The maximum Gasteiger partial charge on any atom is 0.488 e. The van der Waals surface area contributed by atoms with E-state index >= 15 is 0 Å². The van der Waals surface area contributed by atoms with Crippen molar-refractivity contribution in [3.8, 4) is 17.3 Å². The van der Waals surface area contributed by atoms with Crippen LogP contribution in [0.15, 0.2) is 58.4 Å². The maximum absolute atomic E-state index is 12.2. The third-order valence-electron chi connectivity index (χ3n) is 4.04. The molecule has 9 heteroatoms. The van der Waals surface area contributed by atoms with Crippen molar-refractivity contribution in [2.24, 2.45) is 5.10 Å². The fourth-order valence-corrected chi connectivity index (χ4v) is 2.60. The first-order chi connectivity index (χ1) is 13.5. The number of aryl methyl sites for hydroxylation is 1. The predicted octanol–water partition coefficient (Wildman–Crippen LogP) is 0.743. The zero-order valence-corrected chi connectivity index (χ0v) is 14.9. The molecule has 3 rings (SSSR count). The SMILES string of the molecule is Cc1cc(B(O)O)ccc1C=NNc1nc(-c2ccccc2)c(C#N)c(=O)[nH]1. The van der Waals surface area contributed by atoms with Gasteiger partial charge in [0.2, 0.25) is 5.95 Å². The monoisotopic (exact) mass is 373 g/mol. The number of benzene rings is 2. The van der Waals surface area contributed by atoms with Gasteiger partial charge in [-0.3, -0.25) is 9.78 Å². The lowest BCUT2D eigenvalue weighted by molar-refractivity contribution is 0.425. The normalized spacial score (nSPS) is 10.6. The molecule has 1 aromatic heterocycles. The van der Waals surface area contributed by atoms with Crippen LogP contribution >= 0.6 is 0 Å². The number of nitrogens with one attached hydrogen (secondary N) is 2. The van der Waals surface area contributed by atoms with Crippen LogP contribution < -0.4 is 16.4 Å². The molecule has 1 heterocycles. The Labute approximate surface area is 161 Å². The lowest BCUT2D eigenvalue weighted by atomic mass is 9.79. The van der Waals surface area contributed by atoms with Gasteiger partial charge in [-0.05, 0) is 23.5 Å². The molecule has 138 valence electrons. The van der Waals surface area contributed by atoms with Crippen LogP contribution in [0.5, 0.6) is 0 Å². The number of hydrogen-bond acceptors (Lipinski definition) is 7. The molecule has 0 atom stereocenters. The van der Waals surface area contributed by atoms with Crippen LogP contribution in [0.2, 0.25) is 0 Å². The molecular weight excluding hydrogens is 357 g/mol. The van der Waals surface area contributed by atoms with Crippen LogP contribution in [0.3, 0.4) is 0 Å². The summed E-state index contributed by atoms with van der Waals surface area (Å²) < 4.78 is 0. The third kappa shape index (κ3) is 4.15. The first-order valence-electron chi connectivity index (χ1n) is 8.35. The van der Waals surface area contributed by atoms with E-state index < -0.39 is 12.7 Å². The van der Waals surface area contributed by atoms with E-state index in [-0.39, 0.29) is 17.2 Å². The molecule has 0 aliphatic carbocycles. The van der Waals surface area contributed by atoms with Crippen molar-refractivity contribution >= 4 is 24.7 Å². The second-order valence-electron chi connectivity index (χ2n) is 5.98. The van der Waals surface area contributed by atoms with E-state index in [0.717, 1.165) is 11.1 Å². The van der Waals surface area contributed by atoms with Gasteiger partial charge in [-0.15, -0.1) is 0 Å². The van der Waals surface area contributed by atoms with E-state index in [0.29, 0.717) is 11.0 Å². The summed E-state index contributed by atoms with van der Waals surface area (Å²) in [5.74, 6) is 0.0964. The Morgan fingerprint density at radius 2 is 2.00 bits per heavy atom. The minimum absolute atomic E-state index is 0.0743. The average Bonchev–Trinajstić information content (AvgIpc) is 2.69. The number of aromatic amines is 1. The minimum atomic E-state index is -1.54. The van der Waals surface area contributed by atoms with Gasteiger partial charge in [-0.2, -0.15) is 10.4 Å². The molecule has 0 aliphatic heterocycles. The minimum Gasteiger partial charge on any atom is -0.423 e. The van der Waals surface area contributed by atoms with Crippen molar-refractivity contribution in [2.45, 2.75) is 6.92 Å². The summed E-state index contributed by atoms with van der Waals surface area (Å²) in [5, 5.41) is 31.7. The van der Waals surface area contributed by atoms with E-state index in [1.165, 1.54) is 6.21 Å². The fraction of sp³-hybridized carbons (Fsp3) is 0.0526. The van der Waals surface area contributed by atoms with Gasteiger partial charge in [-0.25, -0.2) is 10.4 Å². The molecule has 0 amide bonds. The number of nitriles is 1. The molecule has 0 saturated heterocycles. The Kier molecular flexibility index (Phi) is 5.65. The van der Waals surface area contributed by atoms with E-state index in [1.54, 1.807) is 42.5 Å². The van der Waals surface area contributed by atoms with Crippen LogP contribution in [0, 0.1) is 18.3 Å². The summed E-state index contributed by atoms with van der Waals surface area (Å²) >= 11 is 0. The Bertz CT molecular complexity index is 1120. The van der Waals surface area contributed by atoms with Crippen molar-refractivity contribution in [3.63, 3.8) is 0 Å². The molecule has 0 bridgehead atoms. The Hall–Kier alpha value is -3.74. The van der Waals surface area contributed by atoms with Crippen molar-refractivity contribution in [2.75, 3.05) is 5.43 Å². The molecule has 0 aliphatic rings. The number of nitrogens with zero attached hydrogens (tertiary/aromatic N) is 3. The lowest BCUT2D eigenvalue weighted by Gasteiger charge is -2.06. The summed E-state index contributed by atoms with van der Waals surface area (Å²) in [6.45, 7) is 1.81. The van der Waals surface area contributed by atoms with Gasteiger partial charge in [0.05, 0.1) is 11.9 Å². The quantitative estimate of drug-likeness (QED) is 0.296. The standard InChI is InChI=1S/C19H16BN5O3/c1-12-9-15(20(27)28)8-7-14(12)11-22-25-19-23-17(13-5-3-2-4-6-13)16(10-21)18(26)24-19/h2-9,11,27-28H,1H3,(H2,23,24,25,26). The third-order valence-corrected chi connectivity index (χ3v) is 4.04. The van der Waals surface area contributed by atoms with Crippen LogP contribution in [0.1, 0.15) is 16.7 Å². The highest BCUT2D eigenvalue weighted by Gasteiger charge is 2.13. The van der Waals surface area contributed by atoms with E-state index in [2.05, 4.69) is 20.5 Å². The molecule has 0 spiro atoms. The van der Waals surface area contributed by atoms with E-state index in [4.69, 9.17) is 0 Å². The molecule has 0 unspecified atom stereocenters. The van der Waals surface area contributed by atoms with Crippen molar-refractivity contribution < 1.29 is 10.0 Å². The summed E-state index contributed by atoms with van der Waals surface area (Å²) in [6.07, 6.45) is 1.52. The van der Waals surface area contributed by atoms with Gasteiger partial charge in [0.15, 0.2) is 0 Å². The molecular formula is C19H16BN5O3. The number of aromatic nitrogens is 2. The first kappa shape index (κ1) is 19.0. The van der Waals surface area contributed by atoms with Gasteiger partial charge >= 0.3 is 7.12 Å². The second kappa shape index (κ2) is 8.31. The van der Waals surface area contributed by atoms with Crippen molar-refractivity contribution in [1.29, 1.82) is 5.26 Å². The van der Waals surface area contributed by atoms with Gasteiger partial charge in [0, 0.05) is 5.56 Å². The van der Waals surface area contributed by atoms with Crippen LogP contribution in [0.25, 0.3) is 11.3 Å². The smallest absolute Gasteiger partial charge is 0.423 e. The number of anilines is 1. The Balaban J connectivity index is 1.88. The number of hydrazone groups is 1. The van der Waals surface area contributed by atoms with Crippen molar-refractivity contribution in [1.82, 2.24) is 9.97 Å². The highest BCUT2D eigenvalue weighted by atomic mass is 16.4.